The molecule has 9 aromatic carbocycles. The SMILES string of the molecule is c1ccc(-n2c3ccccc3c3cc(-n4c5ccccc5c5c6c7ccccc7c7ccccc7c6c6c7ccccc7sc6c54)ccc32)cc1. The summed E-state index contributed by atoms with van der Waals surface area (Å²) in [5, 5.41) is 15.7. The van der Waals surface area contributed by atoms with Crippen LogP contribution in [0.15, 0.2) is 170 Å². The molecule has 12 rings (SSSR count). The van der Waals surface area contributed by atoms with Crippen molar-refractivity contribution in [3.63, 3.8) is 0 Å². The molecule has 0 N–H and O–H groups in total. The van der Waals surface area contributed by atoms with Gasteiger partial charge in [0.1, 0.15) is 0 Å². The van der Waals surface area contributed by atoms with Crippen molar-refractivity contribution < 1.29 is 0 Å². The second kappa shape index (κ2) is 10.1. The second-order valence-electron chi connectivity index (χ2n) is 13.6. The zero-order valence-electron chi connectivity index (χ0n) is 27.5. The Bertz CT molecular complexity index is 3410. The molecule has 236 valence electrons. The van der Waals surface area contributed by atoms with Crippen molar-refractivity contribution in [3.05, 3.63) is 170 Å². The summed E-state index contributed by atoms with van der Waals surface area (Å²) in [7, 11) is 0. The van der Waals surface area contributed by atoms with E-state index in [-0.39, 0.29) is 0 Å². The first kappa shape index (κ1) is 27.4. The Morgan fingerprint density at radius 3 is 1.57 bits per heavy atom. The lowest BCUT2D eigenvalue weighted by Crippen LogP contribution is -1.96. The molecule has 3 heterocycles. The predicted octanol–water partition coefficient (Wildman–Crippen LogP) is 13.7. The molecule has 0 aliphatic heterocycles. The molecule has 0 saturated carbocycles. The number of para-hydroxylation sites is 3. The van der Waals surface area contributed by atoms with Gasteiger partial charge in [-0.3, -0.25) is 0 Å². The lowest BCUT2D eigenvalue weighted by Gasteiger charge is -2.15. The van der Waals surface area contributed by atoms with E-state index < -0.39 is 0 Å². The fourth-order valence-electron chi connectivity index (χ4n) is 9.05. The molecule has 3 heteroatoms. The minimum Gasteiger partial charge on any atom is -0.309 e. The minimum absolute atomic E-state index is 1.17. The molecule has 0 bridgehead atoms. The van der Waals surface area contributed by atoms with Gasteiger partial charge in [-0.1, -0.05) is 121 Å². The van der Waals surface area contributed by atoms with Gasteiger partial charge in [0.25, 0.3) is 0 Å². The lowest BCUT2D eigenvalue weighted by atomic mass is 9.89. The van der Waals surface area contributed by atoms with E-state index in [1.165, 1.54) is 107 Å². The largest absolute Gasteiger partial charge is 0.309 e. The molecule has 0 atom stereocenters. The predicted molar refractivity (Wildman–Crippen MR) is 221 cm³/mol. The molecule has 0 spiro atoms. The third-order valence-electron chi connectivity index (χ3n) is 11.0. The average molecular weight is 665 g/mol. The summed E-state index contributed by atoms with van der Waals surface area (Å²) >= 11 is 1.93. The van der Waals surface area contributed by atoms with Gasteiger partial charge < -0.3 is 9.13 Å². The van der Waals surface area contributed by atoms with Crippen molar-refractivity contribution >= 4 is 107 Å². The molecule has 0 aliphatic carbocycles. The summed E-state index contributed by atoms with van der Waals surface area (Å²) < 4.78 is 7.61. The first-order valence-corrected chi connectivity index (χ1v) is 18.4. The van der Waals surface area contributed by atoms with Crippen molar-refractivity contribution in [3.8, 4) is 11.4 Å². The normalized spacial score (nSPS) is 12.3. The maximum Gasteiger partial charge on any atom is 0.0726 e. The maximum atomic E-state index is 2.56. The quantitative estimate of drug-likeness (QED) is 0.163. The van der Waals surface area contributed by atoms with Crippen LogP contribution in [0.5, 0.6) is 0 Å². The fourth-order valence-corrected chi connectivity index (χ4v) is 10.3. The summed E-state index contributed by atoms with van der Waals surface area (Å²) in [5.41, 5.74) is 7.28. The van der Waals surface area contributed by atoms with Crippen LogP contribution in [-0.4, -0.2) is 9.13 Å². The number of hydrogen-bond acceptors (Lipinski definition) is 1. The van der Waals surface area contributed by atoms with Gasteiger partial charge in [0.05, 0.1) is 26.8 Å². The minimum atomic E-state index is 1.17. The van der Waals surface area contributed by atoms with Gasteiger partial charge in [0.2, 0.25) is 0 Å². The summed E-state index contributed by atoms with van der Waals surface area (Å²) in [6.45, 7) is 0. The van der Waals surface area contributed by atoms with Gasteiger partial charge in [-0.2, -0.15) is 0 Å². The van der Waals surface area contributed by atoms with Gasteiger partial charge in [-0.05, 0) is 70.1 Å². The van der Waals surface area contributed by atoms with E-state index >= 15 is 0 Å². The summed E-state index contributed by atoms with van der Waals surface area (Å²) in [5.74, 6) is 0. The molecule has 0 amide bonds. The van der Waals surface area contributed by atoms with Crippen LogP contribution in [0, 0.1) is 0 Å². The van der Waals surface area contributed by atoms with E-state index in [1.807, 2.05) is 11.3 Å². The Labute approximate surface area is 296 Å². The van der Waals surface area contributed by atoms with Crippen molar-refractivity contribution in [2.75, 3.05) is 0 Å². The van der Waals surface area contributed by atoms with Gasteiger partial charge in [0, 0.05) is 59.2 Å². The number of nitrogens with zero attached hydrogens (tertiary/aromatic N) is 2. The first-order valence-electron chi connectivity index (χ1n) is 17.5. The number of benzene rings is 9. The summed E-state index contributed by atoms with van der Waals surface area (Å²) in [6, 6.07) is 62.6. The number of rotatable bonds is 2. The molecule has 2 nitrogen and oxygen atoms in total. The highest BCUT2D eigenvalue weighted by atomic mass is 32.1. The van der Waals surface area contributed by atoms with Crippen LogP contribution in [0.2, 0.25) is 0 Å². The van der Waals surface area contributed by atoms with Crippen LogP contribution < -0.4 is 0 Å². The van der Waals surface area contributed by atoms with E-state index in [0.717, 1.165) is 0 Å². The van der Waals surface area contributed by atoms with Crippen molar-refractivity contribution in [1.82, 2.24) is 9.13 Å². The summed E-state index contributed by atoms with van der Waals surface area (Å²) in [4.78, 5) is 0. The fraction of sp³-hybridized carbons (Fsp3) is 0. The third kappa shape index (κ3) is 3.56. The van der Waals surface area contributed by atoms with Gasteiger partial charge in [-0.25, -0.2) is 0 Å². The van der Waals surface area contributed by atoms with Gasteiger partial charge in [0.15, 0.2) is 0 Å². The monoisotopic (exact) mass is 664 g/mol. The highest BCUT2D eigenvalue weighted by Crippen LogP contribution is 2.52. The number of aromatic nitrogens is 2. The van der Waals surface area contributed by atoms with Crippen LogP contribution in [0.3, 0.4) is 0 Å². The smallest absolute Gasteiger partial charge is 0.0726 e. The van der Waals surface area contributed by atoms with Crippen molar-refractivity contribution in [2.24, 2.45) is 0 Å². The van der Waals surface area contributed by atoms with E-state index in [1.54, 1.807) is 0 Å². The van der Waals surface area contributed by atoms with Crippen LogP contribution in [0.4, 0.5) is 0 Å². The van der Waals surface area contributed by atoms with Crippen molar-refractivity contribution in [2.45, 2.75) is 0 Å². The Morgan fingerprint density at radius 2 is 0.843 bits per heavy atom. The van der Waals surface area contributed by atoms with Gasteiger partial charge in [-0.15, -0.1) is 11.3 Å². The molecule has 12 aromatic rings. The molecule has 0 unspecified atom stereocenters. The Hall–Kier alpha value is -6.42. The summed E-state index contributed by atoms with van der Waals surface area (Å²) in [6.07, 6.45) is 0. The van der Waals surface area contributed by atoms with E-state index in [0.29, 0.717) is 0 Å². The van der Waals surface area contributed by atoms with Crippen LogP contribution >= 0.6 is 11.3 Å². The Kier molecular flexibility index (Phi) is 5.41. The average Bonchev–Trinajstić information content (AvgIpc) is 3.86. The standard InChI is InChI=1S/C48H28N2S/c1-2-14-29(15-3-1)49-39-23-11-8-18-33(39)38-28-30(26-27-41(38)49)50-40-24-12-9-21-36(40)45-43-34-19-6-4-16-31(34)32-17-5-7-20-35(32)44(43)46-37-22-10-13-25-42(37)51-48(46)47(45)50/h1-28H. The highest BCUT2D eigenvalue weighted by molar-refractivity contribution is 7.27. The number of thiophene rings is 1. The third-order valence-corrected chi connectivity index (χ3v) is 12.2. The Morgan fingerprint density at radius 1 is 0.314 bits per heavy atom. The Balaban J connectivity index is 1.33. The zero-order chi connectivity index (χ0) is 33.2. The molecule has 0 aliphatic rings. The number of fused-ring (bicyclic) bond motifs is 18. The van der Waals surface area contributed by atoms with E-state index in [2.05, 4.69) is 179 Å². The molecule has 0 fully saturated rings. The van der Waals surface area contributed by atoms with Crippen LogP contribution in [0.25, 0.3) is 107 Å². The van der Waals surface area contributed by atoms with Crippen LogP contribution in [-0.2, 0) is 0 Å². The maximum absolute atomic E-state index is 2.56. The molecular weight excluding hydrogens is 637 g/mol. The molecule has 0 radical (unpaired) electrons. The lowest BCUT2D eigenvalue weighted by molar-refractivity contribution is 1.17. The van der Waals surface area contributed by atoms with Gasteiger partial charge >= 0.3 is 0 Å². The molecular formula is C48H28N2S. The van der Waals surface area contributed by atoms with Crippen molar-refractivity contribution in [1.29, 1.82) is 0 Å². The van der Waals surface area contributed by atoms with E-state index in [9.17, 15) is 0 Å². The van der Waals surface area contributed by atoms with Crippen LogP contribution in [0.1, 0.15) is 0 Å². The first-order chi connectivity index (χ1) is 25.3. The zero-order valence-corrected chi connectivity index (χ0v) is 28.3. The number of hydrogen-bond donors (Lipinski definition) is 0. The topological polar surface area (TPSA) is 9.86 Å². The second-order valence-corrected chi connectivity index (χ2v) is 14.7. The molecule has 0 saturated heterocycles. The highest BCUT2D eigenvalue weighted by Gasteiger charge is 2.25. The molecule has 51 heavy (non-hydrogen) atoms. The van der Waals surface area contributed by atoms with E-state index in [4.69, 9.17) is 0 Å². The molecule has 3 aromatic heterocycles.